The molecule has 0 aliphatic heterocycles. The van der Waals surface area contributed by atoms with E-state index in [2.05, 4.69) is 31.0 Å². The SMILES string of the molecule is CC(=O)C(C)n1c(COc2ccc(C(C)C)cc2)nc2ccccc21. The molecule has 4 nitrogen and oxygen atoms in total. The molecule has 25 heavy (non-hydrogen) atoms. The normalized spacial score (nSPS) is 12.5. The van der Waals surface area contributed by atoms with E-state index >= 15 is 0 Å². The van der Waals surface area contributed by atoms with Crippen LogP contribution in [-0.2, 0) is 11.4 Å². The summed E-state index contributed by atoms with van der Waals surface area (Å²) >= 11 is 0. The second-order valence-electron chi connectivity index (χ2n) is 6.69. The average molecular weight is 336 g/mol. The van der Waals surface area contributed by atoms with E-state index in [1.54, 1.807) is 6.92 Å². The Morgan fingerprint density at radius 2 is 1.76 bits per heavy atom. The van der Waals surface area contributed by atoms with Crippen LogP contribution < -0.4 is 4.74 Å². The third-order valence-corrected chi connectivity index (χ3v) is 4.56. The maximum Gasteiger partial charge on any atom is 0.152 e. The number of carbonyl (C=O) groups excluding carboxylic acids is 1. The van der Waals surface area contributed by atoms with Gasteiger partial charge in [-0.1, -0.05) is 38.1 Å². The molecule has 0 fully saturated rings. The van der Waals surface area contributed by atoms with Gasteiger partial charge >= 0.3 is 0 Å². The van der Waals surface area contributed by atoms with Gasteiger partial charge in [0.05, 0.1) is 17.1 Å². The van der Waals surface area contributed by atoms with Crippen molar-refractivity contribution in [1.82, 2.24) is 9.55 Å². The maximum absolute atomic E-state index is 11.9. The summed E-state index contributed by atoms with van der Waals surface area (Å²) < 4.78 is 7.90. The van der Waals surface area contributed by atoms with Crippen molar-refractivity contribution in [2.75, 3.05) is 0 Å². The Bertz CT molecular complexity index is 879. The van der Waals surface area contributed by atoms with Gasteiger partial charge < -0.3 is 9.30 Å². The molecule has 0 bridgehead atoms. The van der Waals surface area contributed by atoms with Gasteiger partial charge in [0, 0.05) is 0 Å². The summed E-state index contributed by atoms with van der Waals surface area (Å²) in [6, 6.07) is 15.7. The van der Waals surface area contributed by atoms with Gasteiger partial charge in [0.25, 0.3) is 0 Å². The van der Waals surface area contributed by atoms with Crippen LogP contribution in [-0.4, -0.2) is 15.3 Å². The van der Waals surface area contributed by atoms with E-state index in [0.717, 1.165) is 22.6 Å². The van der Waals surface area contributed by atoms with Crippen molar-refractivity contribution in [3.8, 4) is 5.75 Å². The minimum absolute atomic E-state index is 0.102. The molecule has 0 aliphatic rings. The Kier molecular flexibility index (Phi) is 4.88. The van der Waals surface area contributed by atoms with Crippen molar-refractivity contribution in [2.24, 2.45) is 0 Å². The topological polar surface area (TPSA) is 44.1 Å². The highest BCUT2D eigenvalue weighted by atomic mass is 16.5. The molecule has 0 radical (unpaired) electrons. The van der Waals surface area contributed by atoms with Crippen molar-refractivity contribution in [2.45, 2.75) is 46.3 Å². The van der Waals surface area contributed by atoms with Gasteiger partial charge in [-0.25, -0.2) is 4.98 Å². The van der Waals surface area contributed by atoms with Crippen LogP contribution in [0.3, 0.4) is 0 Å². The number of imidazole rings is 1. The summed E-state index contributed by atoms with van der Waals surface area (Å²) in [5.41, 5.74) is 3.12. The van der Waals surface area contributed by atoms with Gasteiger partial charge in [0.2, 0.25) is 0 Å². The molecule has 1 heterocycles. The van der Waals surface area contributed by atoms with Crippen LogP contribution in [0, 0.1) is 0 Å². The van der Waals surface area contributed by atoms with Crippen molar-refractivity contribution in [1.29, 1.82) is 0 Å². The molecular weight excluding hydrogens is 312 g/mol. The van der Waals surface area contributed by atoms with E-state index in [0.29, 0.717) is 12.5 Å². The first-order valence-electron chi connectivity index (χ1n) is 8.66. The van der Waals surface area contributed by atoms with Crippen LogP contribution in [0.4, 0.5) is 0 Å². The van der Waals surface area contributed by atoms with Crippen LogP contribution in [0.25, 0.3) is 11.0 Å². The number of hydrogen-bond acceptors (Lipinski definition) is 3. The van der Waals surface area contributed by atoms with Crippen molar-refractivity contribution in [3.05, 3.63) is 59.9 Å². The Balaban J connectivity index is 1.88. The Labute approximate surface area is 148 Å². The van der Waals surface area contributed by atoms with Crippen LogP contribution >= 0.6 is 0 Å². The first kappa shape index (κ1) is 17.2. The van der Waals surface area contributed by atoms with Crippen molar-refractivity contribution < 1.29 is 9.53 Å². The van der Waals surface area contributed by atoms with Gasteiger partial charge in [0.1, 0.15) is 18.2 Å². The minimum Gasteiger partial charge on any atom is -0.486 e. The first-order valence-corrected chi connectivity index (χ1v) is 8.66. The number of nitrogens with zero attached hydrogens (tertiary/aromatic N) is 2. The van der Waals surface area contributed by atoms with E-state index in [9.17, 15) is 4.79 Å². The Hall–Kier alpha value is -2.62. The summed E-state index contributed by atoms with van der Waals surface area (Å²) in [4.78, 5) is 16.6. The monoisotopic (exact) mass is 336 g/mol. The lowest BCUT2D eigenvalue weighted by atomic mass is 10.0. The largest absolute Gasteiger partial charge is 0.486 e. The number of Topliss-reactive ketones (excluding diaryl/α,β-unsaturated/α-hetero) is 1. The lowest BCUT2D eigenvalue weighted by molar-refractivity contribution is -0.119. The summed E-state index contributed by atoms with van der Waals surface area (Å²) in [6.07, 6.45) is 0. The molecule has 3 aromatic rings. The summed E-state index contributed by atoms with van der Waals surface area (Å²) in [7, 11) is 0. The van der Waals surface area contributed by atoms with Gasteiger partial charge in [-0.05, 0) is 49.6 Å². The third-order valence-electron chi connectivity index (χ3n) is 4.56. The van der Waals surface area contributed by atoms with E-state index in [1.807, 2.05) is 47.9 Å². The van der Waals surface area contributed by atoms with E-state index in [1.165, 1.54) is 5.56 Å². The number of para-hydroxylation sites is 2. The number of fused-ring (bicyclic) bond motifs is 1. The second kappa shape index (κ2) is 7.09. The quantitative estimate of drug-likeness (QED) is 0.644. The van der Waals surface area contributed by atoms with E-state index in [4.69, 9.17) is 4.74 Å². The maximum atomic E-state index is 11.9. The minimum atomic E-state index is -0.269. The lowest BCUT2D eigenvalue weighted by Gasteiger charge is -2.15. The molecule has 1 atom stereocenters. The lowest BCUT2D eigenvalue weighted by Crippen LogP contribution is -2.17. The highest BCUT2D eigenvalue weighted by Crippen LogP contribution is 2.24. The fourth-order valence-corrected chi connectivity index (χ4v) is 2.91. The summed E-state index contributed by atoms with van der Waals surface area (Å²) in [6.45, 7) is 8.17. The standard InChI is InChI=1S/C21H24N2O2/c1-14(2)17-9-11-18(12-10-17)25-13-21-22-19-7-5-6-8-20(19)23(21)15(3)16(4)24/h5-12,14-15H,13H2,1-4H3. The second-order valence-corrected chi connectivity index (χ2v) is 6.69. The Morgan fingerprint density at radius 1 is 1.08 bits per heavy atom. The first-order chi connectivity index (χ1) is 12.0. The zero-order valence-electron chi connectivity index (χ0n) is 15.2. The molecule has 1 aromatic heterocycles. The Morgan fingerprint density at radius 3 is 2.40 bits per heavy atom. The molecule has 0 amide bonds. The third kappa shape index (κ3) is 3.58. The number of hydrogen-bond donors (Lipinski definition) is 0. The summed E-state index contributed by atoms with van der Waals surface area (Å²) in [5, 5.41) is 0. The molecule has 2 aromatic carbocycles. The van der Waals surface area contributed by atoms with E-state index < -0.39 is 0 Å². The zero-order chi connectivity index (χ0) is 18.0. The molecule has 4 heteroatoms. The number of aromatic nitrogens is 2. The van der Waals surface area contributed by atoms with E-state index in [-0.39, 0.29) is 11.8 Å². The van der Waals surface area contributed by atoms with Crippen LogP contribution in [0.1, 0.15) is 51.0 Å². The molecule has 0 saturated heterocycles. The molecule has 1 unspecified atom stereocenters. The number of rotatable bonds is 6. The number of carbonyl (C=O) groups is 1. The number of ether oxygens (including phenoxy) is 1. The average Bonchev–Trinajstić information content (AvgIpc) is 2.97. The van der Waals surface area contributed by atoms with Crippen molar-refractivity contribution >= 4 is 16.8 Å². The van der Waals surface area contributed by atoms with Crippen LogP contribution in [0.5, 0.6) is 5.75 Å². The van der Waals surface area contributed by atoms with Gasteiger partial charge in [-0.3, -0.25) is 4.79 Å². The molecule has 0 saturated carbocycles. The number of benzene rings is 2. The van der Waals surface area contributed by atoms with Crippen molar-refractivity contribution in [3.63, 3.8) is 0 Å². The zero-order valence-corrected chi connectivity index (χ0v) is 15.2. The molecule has 3 rings (SSSR count). The molecular formula is C21H24N2O2. The summed E-state index contributed by atoms with van der Waals surface area (Å²) in [5.74, 6) is 2.16. The van der Waals surface area contributed by atoms with Gasteiger partial charge in [-0.2, -0.15) is 0 Å². The highest BCUT2D eigenvalue weighted by Gasteiger charge is 2.19. The smallest absolute Gasteiger partial charge is 0.152 e. The predicted octanol–water partition coefficient (Wildman–Crippen LogP) is 4.89. The van der Waals surface area contributed by atoms with Gasteiger partial charge in [-0.15, -0.1) is 0 Å². The molecule has 130 valence electrons. The molecule has 0 aliphatic carbocycles. The predicted molar refractivity (Wildman–Crippen MR) is 100.0 cm³/mol. The molecule has 0 N–H and O–H groups in total. The van der Waals surface area contributed by atoms with Crippen LogP contribution in [0.2, 0.25) is 0 Å². The van der Waals surface area contributed by atoms with Crippen LogP contribution in [0.15, 0.2) is 48.5 Å². The molecule has 0 spiro atoms. The fourth-order valence-electron chi connectivity index (χ4n) is 2.91. The fraction of sp³-hybridized carbons (Fsp3) is 0.333. The highest BCUT2D eigenvalue weighted by molar-refractivity contribution is 5.83. The number of ketones is 1. The van der Waals surface area contributed by atoms with Gasteiger partial charge in [0.15, 0.2) is 5.78 Å².